The van der Waals surface area contributed by atoms with Gasteiger partial charge in [-0.15, -0.1) is 0 Å². The van der Waals surface area contributed by atoms with E-state index < -0.39 is 6.09 Å². The number of aliphatic hydroxyl groups excluding tert-OH is 1. The first kappa shape index (κ1) is 19.9. The summed E-state index contributed by atoms with van der Waals surface area (Å²) in [5, 5.41) is 9.26. The van der Waals surface area contributed by atoms with Crippen molar-refractivity contribution in [2.75, 3.05) is 31.1 Å². The predicted molar refractivity (Wildman–Crippen MR) is 107 cm³/mol. The molecule has 148 valence electrons. The lowest BCUT2D eigenvalue weighted by Gasteiger charge is -2.32. The topological polar surface area (TPSA) is 70.1 Å². The summed E-state index contributed by atoms with van der Waals surface area (Å²) >= 11 is 0. The molecule has 0 unspecified atom stereocenters. The highest BCUT2D eigenvalue weighted by Gasteiger charge is 2.26. The van der Waals surface area contributed by atoms with Gasteiger partial charge in [0.25, 0.3) is 0 Å². The highest BCUT2D eigenvalue weighted by atomic mass is 16.6. The van der Waals surface area contributed by atoms with Crippen LogP contribution in [0.1, 0.15) is 18.4 Å². The Labute approximate surface area is 165 Å². The minimum atomic E-state index is -0.548. The SMILES string of the molecule is O=C(CN(C(=O)OCc1ccccc1)c1ccccc1)N1CCC(CO)CC1. The zero-order chi connectivity index (χ0) is 19.8. The zero-order valence-corrected chi connectivity index (χ0v) is 15.9. The van der Waals surface area contributed by atoms with E-state index in [4.69, 9.17) is 4.74 Å². The van der Waals surface area contributed by atoms with E-state index in [9.17, 15) is 14.7 Å². The number of para-hydroxylation sites is 1. The van der Waals surface area contributed by atoms with Gasteiger partial charge >= 0.3 is 6.09 Å². The first-order chi connectivity index (χ1) is 13.7. The number of rotatable bonds is 6. The summed E-state index contributed by atoms with van der Waals surface area (Å²) in [7, 11) is 0. The second kappa shape index (κ2) is 9.90. The van der Waals surface area contributed by atoms with Crippen LogP contribution in [0.3, 0.4) is 0 Å². The molecular weight excluding hydrogens is 356 g/mol. The average molecular weight is 382 g/mol. The van der Waals surface area contributed by atoms with Gasteiger partial charge in [-0.25, -0.2) is 4.79 Å². The van der Waals surface area contributed by atoms with Crippen LogP contribution < -0.4 is 4.90 Å². The van der Waals surface area contributed by atoms with E-state index in [1.807, 2.05) is 48.5 Å². The van der Waals surface area contributed by atoms with E-state index in [1.165, 1.54) is 4.90 Å². The van der Waals surface area contributed by atoms with Crippen molar-refractivity contribution in [3.05, 3.63) is 66.2 Å². The molecule has 28 heavy (non-hydrogen) atoms. The summed E-state index contributed by atoms with van der Waals surface area (Å²) in [6.07, 6.45) is 1.02. The maximum absolute atomic E-state index is 12.8. The van der Waals surface area contributed by atoms with Crippen molar-refractivity contribution in [2.45, 2.75) is 19.4 Å². The minimum Gasteiger partial charge on any atom is -0.444 e. The summed E-state index contributed by atoms with van der Waals surface area (Å²) in [5.41, 5.74) is 1.51. The number of benzene rings is 2. The molecular formula is C22H26N2O4. The van der Waals surface area contributed by atoms with Crippen molar-refractivity contribution < 1.29 is 19.4 Å². The van der Waals surface area contributed by atoms with Crippen molar-refractivity contribution in [1.82, 2.24) is 4.90 Å². The molecule has 0 radical (unpaired) electrons. The van der Waals surface area contributed by atoms with E-state index >= 15 is 0 Å². The van der Waals surface area contributed by atoms with Crippen molar-refractivity contribution >= 4 is 17.7 Å². The first-order valence-corrected chi connectivity index (χ1v) is 9.59. The molecule has 0 aliphatic carbocycles. The molecule has 0 aromatic heterocycles. The monoisotopic (exact) mass is 382 g/mol. The van der Waals surface area contributed by atoms with Gasteiger partial charge in [-0.05, 0) is 36.5 Å². The van der Waals surface area contributed by atoms with Crippen LogP contribution in [-0.4, -0.2) is 48.2 Å². The number of piperidine rings is 1. The van der Waals surface area contributed by atoms with Gasteiger partial charge in [-0.1, -0.05) is 48.5 Å². The average Bonchev–Trinajstić information content (AvgIpc) is 2.77. The normalized spacial score (nSPS) is 14.5. The first-order valence-electron chi connectivity index (χ1n) is 9.59. The Balaban J connectivity index is 1.65. The van der Waals surface area contributed by atoms with Gasteiger partial charge in [0.1, 0.15) is 13.2 Å². The molecule has 3 rings (SSSR count). The highest BCUT2D eigenvalue weighted by Crippen LogP contribution is 2.19. The van der Waals surface area contributed by atoms with Crippen molar-refractivity contribution in [3.8, 4) is 0 Å². The standard InChI is InChI=1S/C22H26N2O4/c25-16-18-11-13-23(14-12-18)21(26)15-24(20-9-5-2-6-10-20)22(27)28-17-19-7-3-1-4-8-19/h1-10,18,25H,11-17H2. The third kappa shape index (κ3) is 5.33. The summed E-state index contributed by atoms with van der Waals surface area (Å²) in [5.74, 6) is 0.141. The van der Waals surface area contributed by atoms with Crippen LogP contribution in [0.25, 0.3) is 0 Å². The van der Waals surface area contributed by atoms with Gasteiger partial charge in [0.2, 0.25) is 5.91 Å². The van der Waals surface area contributed by atoms with Crippen molar-refractivity contribution in [3.63, 3.8) is 0 Å². The Bertz CT molecular complexity index is 759. The van der Waals surface area contributed by atoms with Crippen LogP contribution in [0, 0.1) is 5.92 Å². The Morgan fingerprint density at radius 2 is 1.61 bits per heavy atom. The number of carbonyl (C=O) groups excluding carboxylic acids is 2. The molecule has 6 nitrogen and oxygen atoms in total. The Kier molecular flexibility index (Phi) is 7.03. The molecule has 1 N–H and O–H groups in total. The second-order valence-electron chi connectivity index (χ2n) is 6.97. The highest BCUT2D eigenvalue weighted by molar-refractivity contribution is 5.95. The lowest BCUT2D eigenvalue weighted by molar-refractivity contribution is -0.131. The van der Waals surface area contributed by atoms with Gasteiger partial charge < -0.3 is 14.7 Å². The number of likely N-dealkylation sites (tertiary alicyclic amines) is 1. The fourth-order valence-corrected chi connectivity index (χ4v) is 3.27. The van der Waals surface area contributed by atoms with Crippen LogP contribution in [0.5, 0.6) is 0 Å². The Hall–Kier alpha value is -2.86. The predicted octanol–water partition coefficient (Wildman–Crippen LogP) is 3.06. The van der Waals surface area contributed by atoms with Gasteiger partial charge in [0, 0.05) is 25.4 Å². The minimum absolute atomic E-state index is 0.0680. The number of nitrogens with zero attached hydrogens (tertiary/aromatic N) is 2. The molecule has 0 spiro atoms. The smallest absolute Gasteiger partial charge is 0.415 e. The zero-order valence-electron chi connectivity index (χ0n) is 15.9. The molecule has 1 heterocycles. The second-order valence-corrected chi connectivity index (χ2v) is 6.97. The molecule has 2 aromatic carbocycles. The Morgan fingerprint density at radius 3 is 2.21 bits per heavy atom. The van der Waals surface area contributed by atoms with Crippen LogP contribution in [0.2, 0.25) is 0 Å². The fourth-order valence-electron chi connectivity index (χ4n) is 3.27. The van der Waals surface area contributed by atoms with E-state index in [1.54, 1.807) is 17.0 Å². The number of hydrogen-bond acceptors (Lipinski definition) is 4. The van der Waals surface area contributed by atoms with Crippen molar-refractivity contribution in [1.29, 1.82) is 0 Å². The maximum Gasteiger partial charge on any atom is 0.415 e. The van der Waals surface area contributed by atoms with Crippen LogP contribution in [-0.2, 0) is 16.1 Å². The molecule has 1 fully saturated rings. The largest absolute Gasteiger partial charge is 0.444 e. The van der Waals surface area contributed by atoms with E-state index in [0.29, 0.717) is 18.8 Å². The summed E-state index contributed by atoms with van der Waals surface area (Å²) in [6, 6.07) is 18.5. The van der Waals surface area contributed by atoms with Crippen LogP contribution in [0.4, 0.5) is 10.5 Å². The molecule has 1 aliphatic rings. The molecule has 0 atom stereocenters. The molecule has 0 saturated carbocycles. The molecule has 6 heteroatoms. The van der Waals surface area contributed by atoms with Gasteiger partial charge in [0.05, 0.1) is 0 Å². The fraction of sp³-hybridized carbons (Fsp3) is 0.364. The maximum atomic E-state index is 12.8. The van der Waals surface area contributed by atoms with Crippen LogP contribution in [0.15, 0.2) is 60.7 Å². The molecule has 0 bridgehead atoms. The summed E-state index contributed by atoms with van der Waals surface area (Å²) in [4.78, 5) is 28.6. The van der Waals surface area contributed by atoms with Gasteiger partial charge in [-0.2, -0.15) is 0 Å². The lowest BCUT2D eigenvalue weighted by Crippen LogP contribution is -2.46. The third-order valence-electron chi connectivity index (χ3n) is 5.01. The van der Waals surface area contributed by atoms with Gasteiger partial charge in [-0.3, -0.25) is 9.69 Å². The number of amides is 2. The number of hydrogen-bond donors (Lipinski definition) is 1. The Morgan fingerprint density at radius 1 is 1.00 bits per heavy atom. The molecule has 2 aromatic rings. The molecule has 1 saturated heterocycles. The van der Waals surface area contributed by atoms with E-state index in [0.717, 1.165) is 18.4 Å². The lowest BCUT2D eigenvalue weighted by atomic mass is 9.98. The number of ether oxygens (including phenoxy) is 1. The van der Waals surface area contributed by atoms with E-state index in [-0.39, 0.29) is 31.6 Å². The third-order valence-corrected chi connectivity index (χ3v) is 5.01. The summed E-state index contributed by atoms with van der Waals surface area (Å²) in [6.45, 7) is 1.45. The summed E-state index contributed by atoms with van der Waals surface area (Å²) < 4.78 is 5.45. The number of aliphatic hydroxyl groups is 1. The van der Waals surface area contributed by atoms with E-state index in [2.05, 4.69) is 0 Å². The number of carbonyl (C=O) groups is 2. The van der Waals surface area contributed by atoms with Crippen molar-refractivity contribution in [2.24, 2.45) is 5.92 Å². The number of anilines is 1. The molecule has 1 aliphatic heterocycles. The quantitative estimate of drug-likeness (QED) is 0.834. The molecule has 2 amide bonds. The van der Waals surface area contributed by atoms with Crippen LogP contribution >= 0.6 is 0 Å². The van der Waals surface area contributed by atoms with Gasteiger partial charge in [0.15, 0.2) is 0 Å².